The maximum absolute atomic E-state index is 12.1. The summed E-state index contributed by atoms with van der Waals surface area (Å²) in [6.45, 7) is 8.38. The Balaban J connectivity index is 1.43. The minimum absolute atomic E-state index is 0.204. The maximum Gasteiger partial charge on any atom is 0.410 e. The first-order chi connectivity index (χ1) is 11.4. The summed E-state index contributed by atoms with van der Waals surface area (Å²) in [6.07, 6.45) is 1.76. The van der Waals surface area contributed by atoms with Crippen molar-refractivity contribution in [3.63, 3.8) is 0 Å². The van der Waals surface area contributed by atoms with Crippen LogP contribution in [-0.4, -0.2) is 43.0 Å². The molecule has 132 valence electrons. The number of rotatable bonds is 3. The number of fused-ring (bicyclic) bond motifs is 1. The molecule has 0 unspecified atom stereocenters. The van der Waals surface area contributed by atoms with Crippen molar-refractivity contribution in [1.29, 1.82) is 0 Å². The molecule has 1 amide bonds. The third-order valence-corrected chi connectivity index (χ3v) is 4.23. The van der Waals surface area contributed by atoms with Crippen molar-refractivity contribution in [3.8, 4) is 11.5 Å². The van der Waals surface area contributed by atoms with E-state index in [9.17, 15) is 4.79 Å². The van der Waals surface area contributed by atoms with Gasteiger partial charge in [-0.15, -0.1) is 0 Å². The van der Waals surface area contributed by atoms with Crippen LogP contribution in [-0.2, 0) is 4.74 Å². The molecule has 1 aromatic rings. The molecule has 0 bridgehead atoms. The third kappa shape index (κ3) is 4.24. The molecular weight excluding hydrogens is 308 g/mol. The van der Waals surface area contributed by atoms with Crippen LogP contribution in [0.3, 0.4) is 0 Å². The van der Waals surface area contributed by atoms with E-state index in [1.54, 1.807) is 0 Å². The number of carbonyl (C=O) groups is 1. The second-order valence-electron chi connectivity index (χ2n) is 7.36. The third-order valence-electron chi connectivity index (χ3n) is 4.23. The molecule has 1 saturated heterocycles. The van der Waals surface area contributed by atoms with Gasteiger partial charge in [-0.3, -0.25) is 0 Å². The summed E-state index contributed by atoms with van der Waals surface area (Å²) in [6, 6.07) is 5.90. The number of likely N-dealkylation sites (tertiary alicyclic amines) is 1. The molecule has 6 nitrogen and oxygen atoms in total. The van der Waals surface area contributed by atoms with Crippen LogP contribution >= 0.6 is 0 Å². The lowest BCUT2D eigenvalue weighted by molar-refractivity contribution is 0.0188. The number of piperidine rings is 1. The first-order valence-electron chi connectivity index (χ1n) is 8.52. The van der Waals surface area contributed by atoms with Crippen molar-refractivity contribution < 1.29 is 19.0 Å². The van der Waals surface area contributed by atoms with E-state index in [0.717, 1.165) is 49.7 Å². The van der Waals surface area contributed by atoms with Crippen molar-refractivity contribution in [2.24, 2.45) is 5.92 Å². The van der Waals surface area contributed by atoms with Crippen LogP contribution in [0.5, 0.6) is 11.5 Å². The van der Waals surface area contributed by atoms with Gasteiger partial charge in [-0.1, -0.05) is 0 Å². The molecule has 0 aromatic heterocycles. The molecule has 0 atom stereocenters. The minimum atomic E-state index is -0.436. The van der Waals surface area contributed by atoms with Crippen molar-refractivity contribution in [3.05, 3.63) is 18.2 Å². The van der Waals surface area contributed by atoms with Gasteiger partial charge in [-0.25, -0.2) is 4.79 Å². The standard InChI is InChI=1S/C18H26N2O4/c1-18(2,3)24-17(21)20-8-6-13(7-9-20)11-19-14-4-5-15-16(10-14)23-12-22-15/h4-5,10,13,19H,6-9,11-12H2,1-3H3. The monoisotopic (exact) mass is 334 g/mol. The van der Waals surface area contributed by atoms with E-state index in [1.165, 1.54) is 0 Å². The second-order valence-corrected chi connectivity index (χ2v) is 7.36. The number of nitrogens with one attached hydrogen (secondary N) is 1. The quantitative estimate of drug-likeness (QED) is 0.917. The molecule has 2 heterocycles. The normalized spacial score (nSPS) is 17.7. The first kappa shape index (κ1) is 16.7. The van der Waals surface area contributed by atoms with Gasteiger partial charge in [0.25, 0.3) is 0 Å². The van der Waals surface area contributed by atoms with Gasteiger partial charge in [-0.2, -0.15) is 0 Å². The first-order valence-corrected chi connectivity index (χ1v) is 8.52. The van der Waals surface area contributed by atoms with Crippen molar-refractivity contribution in [1.82, 2.24) is 4.90 Å². The summed E-state index contributed by atoms with van der Waals surface area (Å²) in [5.74, 6) is 2.14. The summed E-state index contributed by atoms with van der Waals surface area (Å²) in [7, 11) is 0. The Morgan fingerprint density at radius 3 is 2.67 bits per heavy atom. The van der Waals surface area contributed by atoms with Gasteiger partial charge in [0.2, 0.25) is 6.79 Å². The predicted octanol–water partition coefficient (Wildman–Crippen LogP) is 3.47. The minimum Gasteiger partial charge on any atom is -0.454 e. The smallest absolute Gasteiger partial charge is 0.410 e. The van der Waals surface area contributed by atoms with Gasteiger partial charge in [0.1, 0.15) is 5.60 Å². The predicted molar refractivity (Wildman–Crippen MR) is 91.6 cm³/mol. The zero-order chi connectivity index (χ0) is 17.2. The Labute approximate surface area is 143 Å². The number of nitrogens with zero attached hydrogens (tertiary/aromatic N) is 1. The topological polar surface area (TPSA) is 60.0 Å². The Hall–Kier alpha value is -2.11. The molecule has 0 radical (unpaired) electrons. The second kappa shape index (κ2) is 6.79. The summed E-state index contributed by atoms with van der Waals surface area (Å²) >= 11 is 0. The fourth-order valence-electron chi connectivity index (χ4n) is 2.91. The van der Waals surface area contributed by atoms with Gasteiger partial charge >= 0.3 is 6.09 Å². The van der Waals surface area contributed by atoms with Crippen LogP contribution in [0.25, 0.3) is 0 Å². The molecule has 2 aliphatic heterocycles. The van der Waals surface area contributed by atoms with E-state index in [4.69, 9.17) is 14.2 Å². The number of amides is 1. The lowest BCUT2D eigenvalue weighted by Gasteiger charge is -2.33. The largest absolute Gasteiger partial charge is 0.454 e. The highest BCUT2D eigenvalue weighted by Gasteiger charge is 2.26. The van der Waals surface area contributed by atoms with Crippen LogP contribution in [0.4, 0.5) is 10.5 Å². The van der Waals surface area contributed by atoms with Crippen LogP contribution in [0.1, 0.15) is 33.6 Å². The molecule has 1 aromatic carbocycles. The van der Waals surface area contributed by atoms with Crippen molar-refractivity contribution in [2.75, 3.05) is 31.7 Å². The van der Waals surface area contributed by atoms with E-state index in [0.29, 0.717) is 12.7 Å². The number of hydrogen-bond donors (Lipinski definition) is 1. The average Bonchev–Trinajstić information content (AvgIpc) is 2.99. The van der Waals surface area contributed by atoms with Crippen molar-refractivity contribution in [2.45, 2.75) is 39.2 Å². The zero-order valence-corrected chi connectivity index (χ0v) is 14.6. The van der Waals surface area contributed by atoms with E-state index < -0.39 is 5.60 Å². The molecule has 1 fully saturated rings. The van der Waals surface area contributed by atoms with Crippen LogP contribution in [0, 0.1) is 5.92 Å². The summed E-state index contributed by atoms with van der Waals surface area (Å²) in [5, 5.41) is 3.46. The lowest BCUT2D eigenvalue weighted by atomic mass is 9.97. The fourth-order valence-corrected chi connectivity index (χ4v) is 2.91. The summed E-state index contributed by atoms with van der Waals surface area (Å²) in [4.78, 5) is 13.9. The molecule has 0 spiro atoms. The SMILES string of the molecule is CC(C)(C)OC(=O)N1CCC(CNc2ccc3c(c2)OCO3)CC1. The molecule has 24 heavy (non-hydrogen) atoms. The van der Waals surface area contributed by atoms with Crippen LogP contribution in [0.2, 0.25) is 0 Å². The van der Waals surface area contributed by atoms with Gasteiger partial charge in [-0.05, 0) is 51.7 Å². The van der Waals surface area contributed by atoms with E-state index >= 15 is 0 Å². The average molecular weight is 334 g/mol. The maximum atomic E-state index is 12.1. The number of hydrogen-bond acceptors (Lipinski definition) is 5. The highest BCUT2D eigenvalue weighted by atomic mass is 16.7. The molecule has 3 rings (SSSR count). The Kier molecular flexibility index (Phi) is 4.73. The Morgan fingerprint density at radius 1 is 1.25 bits per heavy atom. The Bertz CT molecular complexity index is 589. The molecule has 1 N–H and O–H groups in total. The summed E-state index contributed by atoms with van der Waals surface area (Å²) < 4.78 is 16.1. The van der Waals surface area contributed by atoms with Crippen LogP contribution < -0.4 is 14.8 Å². The highest BCUT2D eigenvalue weighted by Crippen LogP contribution is 2.34. The van der Waals surface area contributed by atoms with Gasteiger partial charge in [0, 0.05) is 31.4 Å². The lowest BCUT2D eigenvalue weighted by Crippen LogP contribution is -2.42. The van der Waals surface area contributed by atoms with Crippen molar-refractivity contribution >= 4 is 11.8 Å². The number of anilines is 1. The van der Waals surface area contributed by atoms with Gasteiger partial charge < -0.3 is 24.4 Å². The zero-order valence-electron chi connectivity index (χ0n) is 14.6. The summed E-state index contributed by atoms with van der Waals surface area (Å²) in [5.41, 5.74) is 0.600. The number of carbonyl (C=O) groups excluding carboxylic acids is 1. The molecule has 2 aliphatic rings. The van der Waals surface area contributed by atoms with Crippen LogP contribution in [0.15, 0.2) is 18.2 Å². The van der Waals surface area contributed by atoms with Gasteiger partial charge in [0.05, 0.1) is 0 Å². The van der Waals surface area contributed by atoms with E-state index in [-0.39, 0.29) is 6.09 Å². The molecule has 6 heteroatoms. The van der Waals surface area contributed by atoms with E-state index in [1.807, 2.05) is 43.9 Å². The molecule has 0 aliphatic carbocycles. The van der Waals surface area contributed by atoms with Gasteiger partial charge in [0.15, 0.2) is 11.5 Å². The number of ether oxygens (including phenoxy) is 3. The number of benzene rings is 1. The highest BCUT2D eigenvalue weighted by molar-refractivity contribution is 5.68. The fraction of sp³-hybridized carbons (Fsp3) is 0.611. The molecule has 0 saturated carbocycles. The Morgan fingerprint density at radius 2 is 1.96 bits per heavy atom. The molecular formula is C18H26N2O4. The van der Waals surface area contributed by atoms with E-state index in [2.05, 4.69) is 5.32 Å².